The van der Waals surface area contributed by atoms with Gasteiger partial charge in [-0.2, -0.15) is 4.98 Å². The molecule has 17 heavy (non-hydrogen) atoms. The molecular formula is C11H17N3O3. The molecule has 0 radical (unpaired) electrons. The number of aliphatic hydroxyl groups excluding tert-OH is 1. The van der Waals surface area contributed by atoms with Crippen molar-refractivity contribution in [2.45, 2.75) is 25.7 Å². The van der Waals surface area contributed by atoms with Crippen molar-refractivity contribution in [2.75, 3.05) is 12.8 Å². The highest BCUT2D eigenvalue weighted by Gasteiger charge is 2.10. The zero-order valence-electron chi connectivity index (χ0n) is 9.91. The molecule has 0 aromatic carbocycles. The summed E-state index contributed by atoms with van der Waals surface area (Å²) >= 11 is 0. The fraction of sp³-hybridized carbons (Fsp3) is 0.455. The highest BCUT2D eigenvalue weighted by Crippen LogP contribution is 2.10. The van der Waals surface area contributed by atoms with E-state index in [0.717, 1.165) is 0 Å². The Morgan fingerprint density at radius 2 is 2.41 bits per heavy atom. The van der Waals surface area contributed by atoms with E-state index in [1.54, 1.807) is 19.1 Å². The van der Waals surface area contributed by atoms with Crippen LogP contribution in [0.4, 0.5) is 5.82 Å². The van der Waals surface area contributed by atoms with Crippen molar-refractivity contribution in [3.8, 4) is 0 Å². The highest BCUT2D eigenvalue weighted by atomic mass is 16.5. The first-order valence-electron chi connectivity index (χ1n) is 5.26. The SMILES string of the molecule is CO[C@H](C/C=C\[C@@H](C)O)n1ccc(N)nc1=O. The lowest BCUT2D eigenvalue weighted by Gasteiger charge is -2.15. The molecule has 0 saturated carbocycles. The summed E-state index contributed by atoms with van der Waals surface area (Å²) in [6.07, 6.45) is 4.41. The molecule has 0 bridgehead atoms. The second-order valence-corrected chi connectivity index (χ2v) is 3.64. The van der Waals surface area contributed by atoms with Crippen molar-refractivity contribution < 1.29 is 9.84 Å². The maximum Gasteiger partial charge on any atom is 0.351 e. The predicted octanol–water partition coefficient (Wildman–Crippen LogP) is 0.298. The van der Waals surface area contributed by atoms with Gasteiger partial charge in [0.1, 0.15) is 12.0 Å². The molecule has 6 heteroatoms. The predicted molar refractivity (Wildman–Crippen MR) is 64.4 cm³/mol. The van der Waals surface area contributed by atoms with Crippen molar-refractivity contribution in [3.63, 3.8) is 0 Å². The van der Waals surface area contributed by atoms with E-state index in [9.17, 15) is 4.79 Å². The number of nitrogens with zero attached hydrogens (tertiary/aromatic N) is 2. The van der Waals surface area contributed by atoms with Crippen LogP contribution in [-0.4, -0.2) is 27.9 Å². The number of ether oxygens (including phenoxy) is 1. The Kier molecular flexibility index (Phi) is 4.86. The maximum atomic E-state index is 11.6. The molecule has 3 N–H and O–H groups in total. The van der Waals surface area contributed by atoms with Crippen molar-refractivity contribution in [3.05, 3.63) is 34.9 Å². The molecule has 0 saturated heterocycles. The summed E-state index contributed by atoms with van der Waals surface area (Å²) in [6, 6.07) is 1.53. The Morgan fingerprint density at radius 1 is 1.71 bits per heavy atom. The molecule has 0 aliphatic heterocycles. The van der Waals surface area contributed by atoms with Crippen LogP contribution in [0.1, 0.15) is 19.6 Å². The van der Waals surface area contributed by atoms with Gasteiger partial charge in [0, 0.05) is 19.7 Å². The summed E-state index contributed by atoms with van der Waals surface area (Å²) in [4.78, 5) is 15.2. The van der Waals surface area contributed by atoms with Gasteiger partial charge in [-0.05, 0) is 13.0 Å². The Morgan fingerprint density at radius 3 is 2.94 bits per heavy atom. The third-order valence-corrected chi connectivity index (χ3v) is 2.19. The summed E-state index contributed by atoms with van der Waals surface area (Å²) in [6.45, 7) is 1.65. The largest absolute Gasteiger partial charge is 0.389 e. The summed E-state index contributed by atoms with van der Waals surface area (Å²) in [5.74, 6) is 0.181. The van der Waals surface area contributed by atoms with Gasteiger partial charge in [0.05, 0.1) is 6.10 Å². The molecule has 0 unspecified atom stereocenters. The quantitative estimate of drug-likeness (QED) is 0.721. The third-order valence-electron chi connectivity index (χ3n) is 2.19. The first-order chi connectivity index (χ1) is 8.04. The molecule has 0 fully saturated rings. The average Bonchev–Trinajstić information content (AvgIpc) is 2.25. The zero-order chi connectivity index (χ0) is 12.8. The third kappa shape index (κ3) is 4.01. The van der Waals surface area contributed by atoms with Gasteiger partial charge in [-0.1, -0.05) is 12.2 Å². The summed E-state index contributed by atoms with van der Waals surface area (Å²) < 4.78 is 6.54. The number of hydrogen-bond acceptors (Lipinski definition) is 5. The van der Waals surface area contributed by atoms with E-state index in [1.807, 2.05) is 0 Å². The standard InChI is InChI=1S/C11H17N3O3/c1-8(15)4-3-5-10(17-2)14-7-6-9(12)13-11(14)16/h3-4,6-8,10,15H,5H2,1-2H3,(H2,12,13,16)/b4-3-/t8-,10-/m1/s1. The number of hydrogen-bond donors (Lipinski definition) is 2. The van der Waals surface area contributed by atoms with Crippen molar-refractivity contribution in [1.29, 1.82) is 0 Å². The second-order valence-electron chi connectivity index (χ2n) is 3.64. The van der Waals surface area contributed by atoms with E-state index in [-0.39, 0.29) is 5.82 Å². The van der Waals surface area contributed by atoms with Crippen LogP contribution >= 0.6 is 0 Å². The van der Waals surface area contributed by atoms with E-state index in [1.165, 1.54) is 23.9 Å². The lowest BCUT2D eigenvalue weighted by Crippen LogP contribution is -2.27. The molecular weight excluding hydrogens is 222 g/mol. The van der Waals surface area contributed by atoms with Gasteiger partial charge in [0.2, 0.25) is 0 Å². The first-order valence-corrected chi connectivity index (χ1v) is 5.26. The molecule has 0 spiro atoms. The minimum atomic E-state index is -0.520. The lowest BCUT2D eigenvalue weighted by atomic mass is 10.3. The smallest absolute Gasteiger partial charge is 0.351 e. The van der Waals surface area contributed by atoms with E-state index in [2.05, 4.69) is 4.98 Å². The van der Waals surface area contributed by atoms with E-state index < -0.39 is 18.0 Å². The minimum Gasteiger partial charge on any atom is -0.389 e. The zero-order valence-corrected chi connectivity index (χ0v) is 9.91. The van der Waals surface area contributed by atoms with Crippen LogP contribution in [-0.2, 0) is 4.74 Å². The summed E-state index contributed by atoms with van der Waals surface area (Å²) in [5.41, 5.74) is 4.94. The first kappa shape index (κ1) is 13.4. The fourth-order valence-corrected chi connectivity index (χ4v) is 1.36. The fourth-order valence-electron chi connectivity index (χ4n) is 1.36. The van der Waals surface area contributed by atoms with Crippen molar-refractivity contribution >= 4 is 5.82 Å². The Labute approximate surface area is 99.4 Å². The number of nitrogens with two attached hydrogens (primary N) is 1. The number of aromatic nitrogens is 2. The summed E-state index contributed by atoms with van der Waals surface area (Å²) in [5, 5.41) is 9.07. The Hall–Kier alpha value is -1.66. The molecule has 1 heterocycles. The number of methoxy groups -OCH3 is 1. The molecule has 0 amide bonds. The Bertz CT molecular complexity index is 440. The topological polar surface area (TPSA) is 90.4 Å². The molecule has 1 aromatic rings. The van der Waals surface area contributed by atoms with Crippen LogP contribution in [0.3, 0.4) is 0 Å². The molecule has 6 nitrogen and oxygen atoms in total. The molecule has 0 aliphatic rings. The maximum absolute atomic E-state index is 11.6. The van der Waals surface area contributed by atoms with Crippen molar-refractivity contribution in [2.24, 2.45) is 0 Å². The van der Waals surface area contributed by atoms with Gasteiger partial charge in [0.15, 0.2) is 0 Å². The molecule has 1 rings (SSSR count). The normalized spacial score (nSPS) is 15.0. The van der Waals surface area contributed by atoms with Gasteiger partial charge in [-0.25, -0.2) is 4.79 Å². The van der Waals surface area contributed by atoms with Crippen LogP contribution in [0.2, 0.25) is 0 Å². The van der Waals surface area contributed by atoms with E-state index in [4.69, 9.17) is 15.6 Å². The number of anilines is 1. The monoisotopic (exact) mass is 239 g/mol. The van der Waals surface area contributed by atoms with Gasteiger partial charge >= 0.3 is 5.69 Å². The van der Waals surface area contributed by atoms with Crippen LogP contribution in [0.25, 0.3) is 0 Å². The van der Waals surface area contributed by atoms with Crippen LogP contribution in [0.15, 0.2) is 29.2 Å². The van der Waals surface area contributed by atoms with Crippen molar-refractivity contribution in [1.82, 2.24) is 9.55 Å². The number of nitrogen functional groups attached to an aromatic ring is 1. The van der Waals surface area contributed by atoms with Gasteiger partial charge in [-0.15, -0.1) is 0 Å². The summed E-state index contributed by atoms with van der Waals surface area (Å²) in [7, 11) is 1.50. The Balaban J connectivity index is 2.83. The lowest BCUT2D eigenvalue weighted by molar-refractivity contribution is 0.0426. The molecule has 0 aliphatic carbocycles. The van der Waals surface area contributed by atoms with Gasteiger partial charge < -0.3 is 15.6 Å². The number of rotatable bonds is 5. The highest BCUT2D eigenvalue weighted by molar-refractivity contribution is 5.23. The second kappa shape index (κ2) is 6.17. The molecule has 94 valence electrons. The minimum absolute atomic E-state index is 0.181. The number of aliphatic hydroxyl groups is 1. The molecule has 2 atom stereocenters. The van der Waals surface area contributed by atoms with Crippen LogP contribution in [0, 0.1) is 0 Å². The van der Waals surface area contributed by atoms with Gasteiger partial charge in [0.25, 0.3) is 0 Å². The molecule has 1 aromatic heterocycles. The van der Waals surface area contributed by atoms with Gasteiger partial charge in [-0.3, -0.25) is 4.57 Å². The average molecular weight is 239 g/mol. The van der Waals surface area contributed by atoms with Crippen LogP contribution < -0.4 is 11.4 Å². The van der Waals surface area contributed by atoms with E-state index in [0.29, 0.717) is 6.42 Å². The van der Waals surface area contributed by atoms with E-state index >= 15 is 0 Å². The van der Waals surface area contributed by atoms with Crippen LogP contribution in [0.5, 0.6) is 0 Å².